The topological polar surface area (TPSA) is 120 Å². The van der Waals surface area contributed by atoms with E-state index in [4.69, 9.17) is 18.5 Å². The van der Waals surface area contributed by atoms with Crippen molar-refractivity contribution >= 4 is 19.8 Å². The van der Waals surface area contributed by atoms with Crippen LogP contribution in [0, 0.1) is 0 Å². The monoisotopic (exact) mass is 840 g/mol. The second-order valence-corrected chi connectivity index (χ2v) is 17.4. The summed E-state index contributed by atoms with van der Waals surface area (Å²) in [6.45, 7) is 4.12. The van der Waals surface area contributed by atoms with Gasteiger partial charge in [-0.05, 0) is 52.0 Å². The lowest BCUT2D eigenvalue weighted by molar-refractivity contribution is -0.161. The summed E-state index contributed by atoms with van der Waals surface area (Å²) in [6.07, 6.45) is 49.1. The maximum absolute atomic E-state index is 12.7. The van der Waals surface area contributed by atoms with E-state index in [1.54, 1.807) is 7.05 Å². The Morgan fingerprint density at radius 1 is 0.552 bits per heavy atom. The van der Waals surface area contributed by atoms with Crippen molar-refractivity contribution in [3.63, 3.8) is 0 Å². The molecule has 0 heterocycles. The molecule has 0 aliphatic rings. The summed E-state index contributed by atoms with van der Waals surface area (Å²) < 4.78 is 33.3. The molecule has 2 atom stereocenters. The number of unbranched alkanes of at least 4 members (excludes halogenated alkanes) is 25. The van der Waals surface area contributed by atoms with Gasteiger partial charge in [0, 0.05) is 19.4 Å². The number of phosphoric ester groups is 1. The van der Waals surface area contributed by atoms with Gasteiger partial charge in [0.05, 0.1) is 13.2 Å². The first-order valence-electron chi connectivity index (χ1n) is 23.9. The van der Waals surface area contributed by atoms with Crippen molar-refractivity contribution in [2.75, 3.05) is 33.4 Å². The number of carbonyl (C=O) groups excluding carboxylic acids is 2. The van der Waals surface area contributed by atoms with Gasteiger partial charge in [0.2, 0.25) is 0 Å². The zero-order chi connectivity index (χ0) is 42.5. The Labute approximate surface area is 356 Å². The van der Waals surface area contributed by atoms with Crippen molar-refractivity contribution in [3.05, 3.63) is 36.5 Å². The predicted octanol–water partition coefficient (Wildman–Crippen LogP) is 14.0. The van der Waals surface area contributed by atoms with Crippen LogP contribution in [0.5, 0.6) is 0 Å². The molecule has 0 aromatic rings. The molecule has 0 aliphatic heterocycles. The Balaban J connectivity index is 4.13. The number of esters is 2. The third-order valence-corrected chi connectivity index (χ3v) is 11.3. The van der Waals surface area contributed by atoms with E-state index in [1.165, 1.54) is 116 Å². The number of rotatable bonds is 45. The van der Waals surface area contributed by atoms with E-state index in [0.717, 1.165) is 70.6 Å². The van der Waals surface area contributed by atoms with Crippen LogP contribution >= 0.6 is 7.82 Å². The number of ether oxygens (including phenoxy) is 2. The van der Waals surface area contributed by atoms with E-state index >= 15 is 0 Å². The summed E-state index contributed by atoms with van der Waals surface area (Å²) in [6, 6.07) is 0. The van der Waals surface area contributed by atoms with Gasteiger partial charge in [-0.15, -0.1) is 0 Å². The first kappa shape index (κ1) is 56.2. The van der Waals surface area contributed by atoms with Crippen LogP contribution in [0.4, 0.5) is 0 Å². The molecule has 0 bridgehead atoms. The van der Waals surface area contributed by atoms with Crippen LogP contribution in [-0.4, -0.2) is 56.3 Å². The van der Waals surface area contributed by atoms with Crippen molar-refractivity contribution in [1.82, 2.24) is 5.32 Å². The summed E-state index contributed by atoms with van der Waals surface area (Å²) in [7, 11) is -2.65. The van der Waals surface area contributed by atoms with E-state index in [9.17, 15) is 19.0 Å². The van der Waals surface area contributed by atoms with Crippen LogP contribution in [0.2, 0.25) is 0 Å². The van der Waals surface area contributed by atoms with E-state index in [2.05, 4.69) is 55.6 Å². The van der Waals surface area contributed by atoms with Gasteiger partial charge < -0.3 is 19.7 Å². The highest BCUT2D eigenvalue weighted by Crippen LogP contribution is 2.43. The molecule has 0 rings (SSSR count). The fourth-order valence-corrected chi connectivity index (χ4v) is 7.44. The Bertz CT molecular complexity index is 1050. The van der Waals surface area contributed by atoms with Gasteiger partial charge in [0.15, 0.2) is 6.10 Å². The molecule has 10 heteroatoms. The summed E-state index contributed by atoms with van der Waals surface area (Å²) in [5.41, 5.74) is 0. The molecular formula is C48H90NO8P. The number of nitrogens with one attached hydrogen (secondary N) is 1. The fraction of sp³-hybridized carbons (Fsp3) is 0.833. The molecule has 0 aliphatic carbocycles. The van der Waals surface area contributed by atoms with Crippen LogP contribution in [-0.2, 0) is 32.7 Å². The molecule has 0 amide bonds. The summed E-state index contributed by atoms with van der Waals surface area (Å²) in [4.78, 5) is 35.1. The van der Waals surface area contributed by atoms with E-state index in [-0.39, 0.29) is 32.0 Å². The van der Waals surface area contributed by atoms with Gasteiger partial charge >= 0.3 is 19.8 Å². The number of allylic oxidation sites excluding steroid dienone is 6. The van der Waals surface area contributed by atoms with Gasteiger partial charge in [0.1, 0.15) is 6.61 Å². The average Bonchev–Trinajstić information content (AvgIpc) is 3.21. The molecule has 0 saturated heterocycles. The maximum atomic E-state index is 12.7. The van der Waals surface area contributed by atoms with E-state index in [1.807, 2.05) is 0 Å². The molecule has 0 fully saturated rings. The number of phosphoric acid groups is 1. The third-order valence-electron chi connectivity index (χ3n) is 10.3. The zero-order valence-electron chi connectivity index (χ0n) is 37.7. The van der Waals surface area contributed by atoms with Gasteiger partial charge in [-0.25, -0.2) is 4.57 Å². The number of hydrogen-bond acceptors (Lipinski definition) is 8. The quantitative estimate of drug-likeness (QED) is 0.0267. The first-order chi connectivity index (χ1) is 28.3. The third kappa shape index (κ3) is 43.8. The van der Waals surface area contributed by atoms with E-state index in [0.29, 0.717) is 13.0 Å². The van der Waals surface area contributed by atoms with Crippen LogP contribution in [0.25, 0.3) is 0 Å². The van der Waals surface area contributed by atoms with Crippen LogP contribution < -0.4 is 5.32 Å². The van der Waals surface area contributed by atoms with Crippen molar-refractivity contribution in [1.29, 1.82) is 0 Å². The lowest BCUT2D eigenvalue weighted by Crippen LogP contribution is -2.29. The average molecular weight is 840 g/mol. The van der Waals surface area contributed by atoms with Crippen LogP contribution in [0.3, 0.4) is 0 Å². The Morgan fingerprint density at radius 3 is 1.47 bits per heavy atom. The van der Waals surface area contributed by atoms with Crippen LogP contribution in [0.15, 0.2) is 36.5 Å². The molecule has 58 heavy (non-hydrogen) atoms. The summed E-state index contributed by atoms with van der Waals surface area (Å²) in [5.74, 6) is -0.818. The second-order valence-electron chi connectivity index (χ2n) is 15.9. The Morgan fingerprint density at radius 2 is 0.983 bits per heavy atom. The summed E-state index contributed by atoms with van der Waals surface area (Å²) in [5, 5.41) is 2.83. The Kier molecular flexibility index (Phi) is 43.4. The molecule has 0 aromatic carbocycles. The first-order valence-corrected chi connectivity index (χ1v) is 25.4. The summed E-state index contributed by atoms with van der Waals surface area (Å²) >= 11 is 0. The standard InChI is InChI=1S/C48H90NO8P/c1-4-6-8-10-12-14-16-18-20-21-22-23-24-25-27-29-31-33-35-37-39-41-48(51)57-46(45-56-58(52,53)55-43-42-49-3)44-54-47(50)40-38-36-34-32-30-28-26-19-17-15-13-11-9-7-5-2/h7,9,13,15,19,26,46,49H,4-6,8,10-12,14,16-18,20-25,27-45H2,1-3H3,(H,52,53)/b9-7-,15-13-,26-19-. The SMILES string of the molecule is CC/C=C\C/C=C\C/C=C\CCCCCCCC(=O)OCC(COP(=O)(O)OCCNC)OC(=O)CCCCCCCCCCCCCCCCCCCCCCC. The molecule has 0 aromatic heterocycles. The van der Waals surface area contributed by atoms with E-state index < -0.39 is 26.5 Å². The minimum atomic E-state index is -4.35. The predicted molar refractivity (Wildman–Crippen MR) is 243 cm³/mol. The number of carbonyl (C=O) groups is 2. The molecule has 9 nitrogen and oxygen atoms in total. The van der Waals surface area contributed by atoms with Crippen molar-refractivity contribution in [3.8, 4) is 0 Å². The maximum Gasteiger partial charge on any atom is 0.472 e. The van der Waals surface area contributed by atoms with Gasteiger partial charge in [-0.2, -0.15) is 0 Å². The fourth-order valence-electron chi connectivity index (χ4n) is 6.69. The second kappa shape index (κ2) is 44.8. The van der Waals surface area contributed by atoms with Gasteiger partial charge in [-0.1, -0.05) is 198 Å². The molecule has 0 radical (unpaired) electrons. The number of likely N-dealkylation sites (N-methyl/N-ethyl adjacent to an activating group) is 1. The number of hydrogen-bond donors (Lipinski definition) is 2. The highest BCUT2D eigenvalue weighted by molar-refractivity contribution is 7.47. The minimum Gasteiger partial charge on any atom is -0.462 e. The lowest BCUT2D eigenvalue weighted by Gasteiger charge is -2.20. The molecule has 0 saturated carbocycles. The van der Waals surface area contributed by atoms with Gasteiger partial charge in [0.25, 0.3) is 0 Å². The normalized spacial score (nSPS) is 13.5. The molecule has 340 valence electrons. The Hall–Kier alpha value is -1.77. The zero-order valence-corrected chi connectivity index (χ0v) is 38.6. The van der Waals surface area contributed by atoms with Crippen LogP contribution in [0.1, 0.15) is 219 Å². The minimum absolute atomic E-state index is 0.0189. The van der Waals surface area contributed by atoms with Crippen molar-refractivity contribution in [2.45, 2.75) is 225 Å². The van der Waals surface area contributed by atoms with Crippen molar-refractivity contribution < 1.29 is 37.6 Å². The molecule has 0 spiro atoms. The molecule has 2 unspecified atom stereocenters. The lowest BCUT2D eigenvalue weighted by atomic mass is 10.0. The largest absolute Gasteiger partial charge is 0.472 e. The highest BCUT2D eigenvalue weighted by atomic mass is 31.2. The van der Waals surface area contributed by atoms with Gasteiger partial charge in [-0.3, -0.25) is 18.6 Å². The van der Waals surface area contributed by atoms with Crippen molar-refractivity contribution in [2.24, 2.45) is 0 Å². The smallest absolute Gasteiger partial charge is 0.462 e. The molecule has 2 N–H and O–H groups in total. The highest BCUT2D eigenvalue weighted by Gasteiger charge is 2.26. The molecular weight excluding hydrogens is 750 g/mol.